The summed E-state index contributed by atoms with van der Waals surface area (Å²) < 4.78 is 1.85. The Bertz CT molecular complexity index is 580. The Hall–Kier alpha value is -1.56. The number of carbonyl (C=O) groups is 1. The number of imidazole rings is 1. The smallest absolute Gasteiger partial charge is 0.272 e. The molecular formula is C15H20Cl2N4O. The zero-order chi connectivity index (χ0) is 13.8. The van der Waals surface area contributed by atoms with Crippen molar-refractivity contribution in [3.63, 3.8) is 0 Å². The zero-order valence-corrected chi connectivity index (χ0v) is 13.8. The Balaban J connectivity index is 0.00000121. The summed E-state index contributed by atoms with van der Waals surface area (Å²) in [5.74, 6) is 0.0510. The first-order chi connectivity index (χ1) is 9.86. The molecule has 0 atom stereocenters. The van der Waals surface area contributed by atoms with Gasteiger partial charge in [0.05, 0.1) is 12.5 Å². The first-order valence-corrected chi connectivity index (χ1v) is 6.94. The predicted octanol–water partition coefficient (Wildman–Crippen LogP) is 2.15. The molecule has 1 amide bonds. The summed E-state index contributed by atoms with van der Waals surface area (Å²) in [6.07, 6.45) is 4.33. The largest absolute Gasteiger partial charge is 0.336 e. The van der Waals surface area contributed by atoms with E-state index >= 15 is 0 Å². The van der Waals surface area contributed by atoms with E-state index in [9.17, 15) is 4.79 Å². The molecule has 5 nitrogen and oxygen atoms in total. The molecule has 7 heteroatoms. The summed E-state index contributed by atoms with van der Waals surface area (Å²) in [5, 5.41) is 3.31. The van der Waals surface area contributed by atoms with Crippen LogP contribution >= 0.6 is 24.8 Å². The molecule has 2 aromatic rings. The number of rotatable bonds is 2. The fraction of sp³-hybridized carbons (Fsp3) is 0.333. The van der Waals surface area contributed by atoms with Gasteiger partial charge in [0.1, 0.15) is 5.69 Å². The van der Waals surface area contributed by atoms with E-state index < -0.39 is 0 Å². The van der Waals surface area contributed by atoms with E-state index in [0.717, 1.165) is 38.3 Å². The van der Waals surface area contributed by atoms with Gasteiger partial charge in [-0.15, -0.1) is 24.8 Å². The van der Waals surface area contributed by atoms with Gasteiger partial charge >= 0.3 is 0 Å². The molecule has 0 radical (unpaired) electrons. The summed E-state index contributed by atoms with van der Waals surface area (Å²) in [7, 11) is 0. The van der Waals surface area contributed by atoms with Crippen LogP contribution in [-0.2, 0) is 0 Å². The van der Waals surface area contributed by atoms with Crippen LogP contribution in [0.1, 0.15) is 16.9 Å². The minimum absolute atomic E-state index is 0. The number of aromatic nitrogens is 2. The standard InChI is InChI=1S/C15H18N4O.2ClH/c20-15(18-9-4-7-16-8-10-18)14-11-17-12-19(14)13-5-2-1-3-6-13;;/h1-3,5-6,11-12,16H,4,7-10H2;2*1H. The molecule has 0 bridgehead atoms. The highest BCUT2D eigenvalue weighted by Crippen LogP contribution is 2.13. The van der Waals surface area contributed by atoms with Crippen molar-refractivity contribution in [2.45, 2.75) is 6.42 Å². The van der Waals surface area contributed by atoms with Crippen LogP contribution in [0.25, 0.3) is 5.69 Å². The SMILES string of the molecule is Cl.Cl.O=C(c1cncn1-c1ccccc1)N1CCCNCC1. The van der Waals surface area contributed by atoms with Gasteiger partial charge in [0.2, 0.25) is 0 Å². The van der Waals surface area contributed by atoms with Crippen LogP contribution < -0.4 is 5.32 Å². The lowest BCUT2D eigenvalue weighted by Gasteiger charge is -2.20. The van der Waals surface area contributed by atoms with Gasteiger partial charge in [-0.1, -0.05) is 18.2 Å². The highest BCUT2D eigenvalue weighted by atomic mass is 35.5. The number of nitrogens with zero attached hydrogens (tertiary/aromatic N) is 3. The molecule has 0 saturated carbocycles. The quantitative estimate of drug-likeness (QED) is 0.909. The van der Waals surface area contributed by atoms with Crippen LogP contribution in [0.2, 0.25) is 0 Å². The lowest BCUT2D eigenvalue weighted by atomic mass is 10.3. The average Bonchev–Trinajstić information content (AvgIpc) is 2.82. The highest BCUT2D eigenvalue weighted by Gasteiger charge is 2.20. The van der Waals surface area contributed by atoms with E-state index in [0.29, 0.717) is 5.69 Å². The molecule has 0 unspecified atom stereocenters. The second-order valence-corrected chi connectivity index (χ2v) is 4.88. The second kappa shape index (κ2) is 8.78. The minimum Gasteiger partial charge on any atom is -0.336 e. The molecule has 1 aromatic heterocycles. The maximum Gasteiger partial charge on any atom is 0.272 e. The fourth-order valence-electron chi connectivity index (χ4n) is 2.46. The van der Waals surface area contributed by atoms with Crippen molar-refractivity contribution < 1.29 is 4.79 Å². The number of hydrogen-bond donors (Lipinski definition) is 1. The molecule has 1 fully saturated rings. The van der Waals surface area contributed by atoms with Gasteiger partial charge in [-0.25, -0.2) is 4.98 Å². The second-order valence-electron chi connectivity index (χ2n) is 4.88. The molecule has 3 rings (SSSR count). The van der Waals surface area contributed by atoms with Crippen molar-refractivity contribution in [2.75, 3.05) is 26.2 Å². The third kappa shape index (κ3) is 4.00. The van der Waals surface area contributed by atoms with Gasteiger partial charge in [-0.3, -0.25) is 9.36 Å². The van der Waals surface area contributed by atoms with Gasteiger partial charge in [0.25, 0.3) is 5.91 Å². The number of para-hydroxylation sites is 1. The maximum atomic E-state index is 12.6. The molecule has 1 aliphatic rings. The van der Waals surface area contributed by atoms with Crippen LogP contribution in [0.4, 0.5) is 0 Å². The van der Waals surface area contributed by atoms with E-state index in [4.69, 9.17) is 0 Å². The van der Waals surface area contributed by atoms with Crippen LogP contribution in [0.5, 0.6) is 0 Å². The lowest BCUT2D eigenvalue weighted by molar-refractivity contribution is 0.0758. The number of carbonyl (C=O) groups excluding carboxylic acids is 1. The molecule has 1 aliphatic heterocycles. The van der Waals surface area contributed by atoms with Gasteiger partial charge in [0.15, 0.2) is 0 Å². The fourth-order valence-corrected chi connectivity index (χ4v) is 2.46. The maximum absolute atomic E-state index is 12.6. The Morgan fingerprint density at radius 2 is 1.86 bits per heavy atom. The van der Waals surface area contributed by atoms with Crippen LogP contribution in [0.15, 0.2) is 42.9 Å². The summed E-state index contributed by atoms with van der Waals surface area (Å²) in [6, 6.07) is 9.83. The molecule has 0 spiro atoms. The van der Waals surface area contributed by atoms with Gasteiger partial charge in [-0.05, 0) is 25.1 Å². The normalized spacial score (nSPS) is 14.5. The topological polar surface area (TPSA) is 50.2 Å². The first kappa shape index (κ1) is 18.5. The zero-order valence-electron chi connectivity index (χ0n) is 12.1. The molecular weight excluding hydrogens is 323 g/mol. The monoisotopic (exact) mass is 342 g/mol. The van der Waals surface area contributed by atoms with Crippen LogP contribution in [-0.4, -0.2) is 46.5 Å². The van der Waals surface area contributed by atoms with Crippen molar-refractivity contribution >= 4 is 30.7 Å². The van der Waals surface area contributed by atoms with Crippen molar-refractivity contribution in [3.05, 3.63) is 48.5 Å². The number of amides is 1. The van der Waals surface area contributed by atoms with E-state index in [1.165, 1.54) is 0 Å². The summed E-state index contributed by atoms with van der Waals surface area (Å²) in [4.78, 5) is 18.7. The van der Waals surface area contributed by atoms with Crippen LogP contribution in [0, 0.1) is 0 Å². The van der Waals surface area contributed by atoms with Gasteiger partial charge in [-0.2, -0.15) is 0 Å². The minimum atomic E-state index is 0. The summed E-state index contributed by atoms with van der Waals surface area (Å²) in [5.41, 5.74) is 1.58. The van der Waals surface area contributed by atoms with Crippen molar-refractivity contribution in [2.24, 2.45) is 0 Å². The van der Waals surface area contributed by atoms with Crippen molar-refractivity contribution in [3.8, 4) is 5.69 Å². The summed E-state index contributed by atoms with van der Waals surface area (Å²) in [6.45, 7) is 3.37. The van der Waals surface area contributed by atoms with Crippen molar-refractivity contribution in [1.29, 1.82) is 0 Å². The third-order valence-electron chi connectivity index (χ3n) is 3.52. The molecule has 22 heavy (non-hydrogen) atoms. The predicted molar refractivity (Wildman–Crippen MR) is 91.5 cm³/mol. The molecule has 2 heterocycles. The molecule has 1 saturated heterocycles. The number of hydrogen-bond acceptors (Lipinski definition) is 3. The average molecular weight is 343 g/mol. The summed E-state index contributed by atoms with van der Waals surface area (Å²) >= 11 is 0. The molecule has 1 aromatic carbocycles. The Kier molecular flexibility index (Phi) is 7.38. The van der Waals surface area contributed by atoms with E-state index in [1.807, 2.05) is 39.8 Å². The first-order valence-electron chi connectivity index (χ1n) is 6.94. The highest BCUT2D eigenvalue weighted by molar-refractivity contribution is 5.93. The Morgan fingerprint density at radius 3 is 2.64 bits per heavy atom. The Labute approximate surface area is 142 Å². The van der Waals surface area contributed by atoms with Crippen molar-refractivity contribution in [1.82, 2.24) is 19.8 Å². The van der Waals surface area contributed by atoms with Gasteiger partial charge < -0.3 is 10.2 Å². The Morgan fingerprint density at radius 1 is 1.09 bits per heavy atom. The third-order valence-corrected chi connectivity index (χ3v) is 3.52. The van der Waals surface area contributed by atoms with E-state index in [1.54, 1.807) is 12.5 Å². The number of nitrogens with one attached hydrogen (secondary N) is 1. The number of halogens is 2. The molecule has 1 N–H and O–H groups in total. The van der Waals surface area contributed by atoms with E-state index in [2.05, 4.69) is 10.3 Å². The molecule has 0 aliphatic carbocycles. The lowest BCUT2D eigenvalue weighted by Crippen LogP contribution is -2.35. The molecule has 120 valence electrons. The van der Waals surface area contributed by atoms with Crippen LogP contribution in [0.3, 0.4) is 0 Å². The van der Waals surface area contributed by atoms with Gasteiger partial charge in [0, 0.05) is 25.3 Å². The number of benzene rings is 1. The van der Waals surface area contributed by atoms with E-state index in [-0.39, 0.29) is 30.7 Å².